The van der Waals surface area contributed by atoms with Crippen LogP contribution in [0.4, 0.5) is 0 Å². The molecule has 0 saturated heterocycles. The van der Waals surface area contributed by atoms with Gasteiger partial charge in [0.15, 0.2) is 0 Å². The van der Waals surface area contributed by atoms with Crippen molar-refractivity contribution in [2.75, 3.05) is 7.11 Å². The Hall–Kier alpha value is -0.0800. The number of ether oxygens (including phenoxy) is 1. The average Bonchev–Trinajstić information content (AvgIpc) is 2.03. The van der Waals surface area contributed by atoms with Crippen LogP contribution in [0.2, 0.25) is 0 Å². The van der Waals surface area contributed by atoms with E-state index in [0.717, 1.165) is 12.8 Å². The van der Waals surface area contributed by atoms with Crippen molar-refractivity contribution >= 4 is 0 Å². The van der Waals surface area contributed by atoms with Gasteiger partial charge in [0.2, 0.25) is 0 Å². The highest BCUT2D eigenvalue weighted by Gasteiger charge is 2.22. The van der Waals surface area contributed by atoms with Crippen molar-refractivity contribution in [3.8, 4) is 0 Å². The first-order valence-electron chi connectivity index (χ1n) is 5.64. The Morgan fingerprint density at radius 3 is 2.36 bits per heavy atom. The highest BCUT2D eigenvalue weighted by Crippen LogP contribution is 2.21. The average molecular weight is 202 g/mol. The Morgan fingerprint density at radius 2 is 1.93 bits per heavy atom. The zero-order valence-corrected chi connectivity index (χ0v) is 10.3. The van der Waals surface area contributed by atoms with Crippen molar-refractivity contribution < 1.29 is 9.84 Å². The molecule has 0 aromatic heterocycles. The topological polar surface area (TPSA) is 29.5 Å². The first-order chi connectivity index (χ1) is 6.41. The minimum Gasteiger partial charge on any atom is -0.393 e. The summed E-state index contributed by atoms with van der Waals surface area (Å²) in [5.74, 6) is 0.614. The van der Waals surface area contributed by atoms with Crippen LogP contribution >= 0.6 is 0 Å². The summed E-state index contributed by atoms with van der Waals surface area (Å²) in [5.41, 5.74) is -0.203. The summed E-state index contributed by atoms with van der Waals surface area (Å²) in [7, 11) is 1.70. The molecule has 2 nitrogen and oxygen atoms in total. The molecule has 0 saturated carbocycles. The molecular weight excluding hydrogens is 176 g/mol. The standard InChI is InChI=1S/C12H26O2/c1-6-7-10(2)8-11(13)9-12(3,4)14-5/h10-11,13H,6-9H2,1-5H3. The molecule has 2 unspecified atom stereocenters. The van der Waals surface area contributed by atoms with E-state index in [2.05, 4.69) is 13.8 Å². The monoisotopic (exact) mass is 202 g/mol. The van der Waals surface area contributed by atoms with Gasteiger partial charge in [0.25, 0.3) is 0 Å². The van der Waals surface area contributed by atoms with Crippen LogP contribution in [-0.4, -0.2) is 23.9 Å². The Kier molecular flexibility index (Phi) is 6.38. The first kappa shape index (κ1) is 13.9. The van der Waals surface area contributed by atoms with Crippen molar-refractivity contribution in [1.82, 2.24) is 0 Å². The lowest BCUT2D eigenvalue weighted by molar-refractivity contribution is -0.0242. The van der Waals surface area contributed by atoms with Crippen molar-refractivity contribution in [2.45, 2.75) is 65.1 Å². The maximum atomic E-state index is 9.83. The van der Waals surface area contributed by atoms with Crippen LogP contribution in [0.5, 0.6) is 0 Å². The van der Waals surface area contributed by atoms with E-state index in [4.69, 9.17) is 4.74 Å². The van der Waals surface area contributed by atoms with E-state index in [0.29, 0.717) is 5.92 Å². The third-order valence-corrected chi connectivity index (χ3v) is 2.74. The molecule has 0 aliphatic rings. The summed E-state index contributed by atoms with van der Waals surface area (Å²) < 4.78 is 5.29. The van der Waals surface area contributed by atoms with E-state index in [1.54, 1.807) is 7.11 Å². The van der Waals surface area contributed by atoms with Gasteiger partial charge in [-0.05, 0) is 26.2 Å². The largest absolute Gasteiger partial charge is 0.393 e. The van der Waals surface area contributed by atoms with Crippen LogP contribution in [-0.2, 0) is 4.74 Å². The molecule has 0 spiro atoms. The van der Waals surface area contributed by atoms with Crippen molar-refractivity contribution in [3.05, 3.63) is 0 Å². The molecule has 0 heterocycles. The molecule has 14 heavy (non-hydrogen) atoms. The number of methoxy groups -OCH3 is 1. The van der Waals surface area contributed by atoms with Crippen LogP contribution in [0.3, 0.4) is 0 Å². The Bertz CT molecular complexity index is 143. The van der Waals surface area contributed by atoms with Crippen LogP contribution in [0, 0.1) is 5.92 Å². The zero-order chi connectivity index (χ0) is 11.2. The summed E-state index contributed by atoms with van der Waals surface area (Å²) in [6.45, 7) is 8.41. The van der Waals surface area contributed by atoms with Gasteiger partial charge in [0.05, 0.1) is 11.7 Å². The highest BCUT2D eigenvalue weighted by atomic mass is 16.5. The van der Waals surface area contributed by atoms with E-state index in [1.807, 2.05) is 13.8 Å². The number of hydrogen-bond acceptors (Lipinski definition) is 2. The molecule has 2 atom stereocenters. The third-order valence-electron chi connectivity index (χ3n) is 2.74. The minimum atomic E-state index is -0.230. The number of rotatable bonds is 7. The zero-order valence-electron chi connectivity index (χ0n) is 10.3. The number of hydrogen-bond donors (Lipinski definition) is 1. The first-order valence-corrected chi connectivity index (χ1v) is 5.64. The van der Waals surface area contributed by atoms with Gasteiger partial charge >= 0.3 is 0 Å². The SMILES string of the molecule is CCCC(C)CC(O)CC(C)(C)OC. The highest BCUT2D eigenvalue weighted by molar-refractivity contribution is 4.74. The fourth-order valence-corrected chi connectivity index (χ4v) is 1.81. The van der Waals surface area contributed by atoms with Crippen LogP contribution in [0.1, 0.15) is 53.4 Å². The molecule has 1 N–H and O–H groups in total. The second kappa shape index (κ2) is 6.41. The fraction of sp³-hybridized carbons (Fsp3) is 1.00. The van der Waals surface area contributed by atoms with E-state index in [-0.39, 0.29) is 11.7 Å². The molecule has 0 radical (unpaired) electrons. The molecule has 0 aromatic carbocycles. The Morgan fingerprint density at radius 1 is 1.36 bits per heavy atom. The summed E-state index contributed by atoms with van der Waals surface area (Å²) in [6, 6.07) is 0. The van der Waals surface area contributed by atoms with Crippen LogP contribution in [0.25, 0.3) is 0 Å². The molecule has 0 amide bonds. The van der Waals surface area contributed by atoms with Gasteiger partial charge in [-0.25, -0.2) is 0 Å². The molecule has 0 bridgehead atoms. The molecular formula is C12H26O2. The fourth-order valence-electron chi connectivity index (χ4n) is 1.81. The normalized spacial score (nSPS) is 16.7. The number of aliphatic hydroxyl groups excluding tert-OH is 1. The maximum Gasteiger partial charge on any atom is 0.0647 e. The summed E-state index contributed by atoms with van der Waals surface area (Å²) in [5, 5.41) is 9.83. The molecule has 86 valence electrons. The van der Waals surface area contributed by atoms with Crippen LogP contribution < -0.4 is 0 Å². The van der Waals surface area contributed by atoms with Gasteiger partial charge in [0, 0.05) is 13.5 Å². The molecule has 0 aliphatic heterocycles. The van der Waals surface area contributed by atoms with Gasteiger partial charge in [-0.2, -0.15) is 0 Å². The molecule has 0 rings (SSSR count). The Balaban J connectivity index is 3.79. The predicted octanol–water partition coefficient (Wildman–Crippen LogP) is 2.99. The van der Waals surface area contributed by atoms with Crippen LogP contribution in [0.15, 0.2) is 0 Å². The molecule has 0 aliphatic carbocycles. The lowest BCUT2D eigenvalue weighted by Crippen LogP contribution is -2.29. The minimum absolute atomic E-state index is 0.203. The van der Waals surface area contributed by atoms with E-state index in [9.17, 15) is 5.11 Å². The van der Waals surface area contributed by atoms with Gasteiger partial charge in [-0.3, -0.25) is 0 Å². The van der Waals surface area contributed by atoms with Gasteiger partial charge in [0.1, 0.15) is 0 Å². The van der Waals surface area contributed by atoms with Crippen molar-refractivity contribution in [2.24, 2.45) is 5.92 Å². The van der Waals surface area contributed by atoms with E-state index < -0.39 is 0 Å². The molecule has 0 fully saturated rings. The summed E-state index contributed by atoms with van der Waals surface area (Å²) in [4.78, 5) is 0. The Labute approximate surface area is 88.7 Å². The molecule has 2 heteroatoms. The van der Waals surface area contributed by atoms with E-state index in [1.165, 1.54) is 12.8 Å². The second-order valence-electron chi connectivity index (χ2n) is 4.95. The van der Waals surface area contributed by atoms with Gasteiger partial charge in [-0.15, -0.1) is 0 Å². The lowest BCUT2D eigenvalue weighted by Gasteiger charge is -2.27. The summed E-state index contributed by atoms with van der Waals surface area (Å²) >= 11 is 0. The quantitative estimate of drug-likeness (QED) is 0.687. The maximum absolute atomic E-state index is 9.83. The van der Waals surface area contributed by atoms with Crippen molar-refractivity contribution in [1.29, 1.82) is 0 Å². The third kappa shape index (κ3) is 6.39. The van der Waals surface area contributed by atoms with Crippen molar-refractivity contribution in [3.63, 3.8) is 0 Å². The van der Waals surface area contributed by atoms with Gasteiger partial charge < -0.3 is 9.84 Å². The smallest absolute Gasteiger partial charge is 0.0647 e. The summed E-state index contributed by atoms with van der Waals surface area (Å²) in [6.07, 6.45) is 3.77. The molecule has 0 aromatic rings. The van der Waals surface area contributed by atoms with Gasteiger partial charge in [-0.1, -0.05) is 26.7 Å². The number of aliphatic hydroxyl groups is 1. The van der Waals surface area contributed by atoms with E-state index >= 15 is 0 Å². The lowest BCUT2D eigenvalue weighted by atomic mass is 9.92. The predicted molar refractivity (Wildman–Crippen MR) is 60.4 cm³/mol. The second-order valence-corrected chi connectivity index (χ2v) is 4.95.